The van der Waals surface area contributed by atoms with E-state index < -0.39 is 0 Å². The highest BCUT2D eigenvalue weighted by molar-refractivity contribution is 4.96. The molecule has 1 rings (SSSR count). The Labute approximate surface area is 108 Å². The average Bonchev–Trinajstić information content (AvgIpc) is 2.35. The van der Waals surface area contributed by atoms with Gasteiger partial charge in [0.2, 0.25) is 0 Å². The van der Waals surface area contributed by atoms with Crippen molar-refractivity contribution in [3.63, 3.8) is 0 Å². The van der Waals surface area contributed by atoms with Gasteiger partial charge in [-0.3, -0.25) is 4.90 Å². The largest absolute Gasteiger partial charge is 0.308 e. The van der Waals surface area contributed by atoms with Gasteiger partial charge in [0, 0.05) is 24.7 Å². The minimum Gasteiger partial charge on any atom is -0.308 e. The second kappa shape index (κ2) is 6.75. The van der Waals surface area contributed by atoms with Crippen LogP contribution in [-0.4, -0.2) is 36.1 Å². The maximum absolute atomic E-state index is 3.81. The SMILES string of the molecule is CCC1CNC(CC)(CC)CN1CCC(C)C. The lowest BCUT2D eigenvalue weighted by Crippen LogP contribution is -2.63. The summed E-state index contributed by atoms with van der Waals surface area (Å²) in [5.41, 5.74) is 0.378. The summed E-state index contributed by atoms with van der Waals surface area (Å²) in [6.45, 7) is 15.3. The topological polar surface area (TPSA) is 15.3 Å². The standard InChI is InChI=1S/C15H32N2/c1-6-14-11-16-15(7-2,8-3)12-17(14)10-9-13(4)5/h13-14,16H,6-12H2,1-5H3. The van der Waals surface area contributed by atoms with Crippen molar-refractivity contribution in [2.75, 3.05) is 19.6 Å². The first-order valence-electron chi connectivity index (χ1n) is 7.56. The number of hydrogen-bond acceptors (Lipinski definition) is 2. The third kappa shape index (κ3) is 3.96. The van der Waals surface area contributed by atoms with Gasteiger partial charge in [-0.05, 0) is 38.1 Å². The van der Waals surface area contributed by atoms with Crippen LogP contribution in [0, 0.1) is 5.92 Å². The van der Waals surface area contributed by atoms with Gasteiger partial charge in [-0.2, -0.15) is 0 Å². The fourth-order valence-electron chi connectivity index (χ4n) is 2.85. The van der Waals surface area contributed by atoms with Gasteiger partial charge in [0.05, 0.1) is 0 Å². The fourth-order valence-corrected chi connectivity index (χ4v) is 2.85. The van der Waals surface area contributed by atoms with Gasteiger partial charge in [-0.1, -0.05) is 34.6 Å². The van der Waals surface area contributed by atoms with Crippen LogP contribution in [0.25, 0.3) is 0 Å². The fraction of sp³-hybridized carbons (Fsp3) is 1.00. The molecule has 1 atom stereocenters. The molecule has 1 N–H and O–H groups in total. The molecular formula is C15H32N2. The zero-order valence-electron chi connectivity index (χ0n) is 12.6. The Morgan fingerprint density at radius 1 is 1.24 bits per heavy atom. The van der Waals surface area contributed by atoms with Crippen molar-refractivity contribution < 1.29 is 0 Å². The summed E-state index contributed by atoms with van der Waals surface area (Å²) in [7, 11) is 0. The van der Waals surface area contributed by atoms with E-state index in [-0.39, 0.29) is 0 Å². The van der Waals surface area contributed by atoms with Crippen molar-refractivity contribution >= 4 is 0 Å². The third-order valence-corrected chi connectivity index (χ3v) is 4.55. The summed E-state index contributed by atoms with van der Waals surface area (Å²) in [4.78, 5) is 2.74. The molecule has 0 saturated carbocycles. The molecule has 2 nitrogen and oxygen atoms in total. The van der Waals surface area contributed by atoms with E-state index in [0.717, 1.165) is 12.0 Å². The van der Waals surface area contributed by atoms with Gasteiger partial charge < -0.3 is 5.32 Å². The minimum absolute atomic E-state index is 0.378. The lowest BCUT2D eigenvalue weighted by Gasteiger charge is -2.47. The van der Waals surface area contributed by atoms with Gasteiger partial charge in [0.1, 0.15) is 0 Å². The van der Waals surface area contributed by atoms with Crippen LogP contribution in [0.1, 0.15) is 60.3 Å². The molecule has 1 saturated heterocycles. The van der Waals surface area contributed by atoms with Crippen LogP contribution in [-0.2, 0) is 0 Å². The summed E-state index contributed by atoms with van der Waals surface area (Å²) in [6.07, 6.45) is 5.10. The molecule has 102 valence electrons. The van der Waals surface area contributed by atoms with Gasteiger partial charge in [0.25, 0.3) is 0 Å². The van der Waals surface area contributed by atoms with E-state index in [1.165, 1.54) is 45.3 Å². The molecule has 0 aromatic heterocycles. The molecule has 0 amide bonds. The zero-order valence-corrected chi connectivity index (χ0v) is 12.6. The normalized spacial score (nSPS) is 25.4. The molecule has 1 fully saturated rings. The summed E-state index contributed by atoms with van der Waals surface area (Å²) < 4.78 is 0. The number of nitrogens with zero attached hydrogens (tertiary/aromatic N) is 1. The first-order chi connectivity index (χ1) is 8.06. The molecule has 1 heterocycles. The Bertz CT molecular complexity index is 209. The maximum Gasteiger partial charge on any atom is 0.0304 e. The summed E-state index contributed by atoms with van der Waals surface area (Å²) >= 11 is 0. The van der Waals surface area contributed by atoms with Crippen LogP contribution in [0.15, 0.2) is 0 Å². The predicted molar refractivity (Wildman–Crippen MR) is 76.4 cm³/mol. The lowest BCUT2D eigenvalue weighted by atomic mass is 9.88. The first-order valence-corrected chi connectivity index (χ1v) is 7.56. The van der Waals surface area contributed by atoms with Crippen molar-refractivity contribution in [2.45, 2.75) is 71.9 Å². The minimum atomic E-state index is 0.378. The van der Waals surface area contributed by atoms with Crippen molar-refractivity contribution in [2.24, 2.45) is 5.92 Å². The Morgan fingerprint density at radius 2 is 1.88 bits per heavy atom. The third-order valence-electron chi connectivity index (χ3n) is 4.55. The predicted octanol–water partition coefficient (Wildman–Crippen LogP) is 3.28. The molecule has 1 aliphatic heterocycles. The molecule has 0 spiro atoms. The molecule has 0 bridgehead atoms. The van der Waals surface area contributed by atoms with Crippen LogP contribution in [0.3, 0.4) is 0 Å². The molecule has 1 unspecified atom stereocenters. The van der Waals surface area contributed by atoms with Gasteiger partial charge >= 0.3 is 0 Å². The highest BCUT2D eigenvalue weighted by Gasteiger charge is 2.35. The van der Waals surface area contributed by atoms with Crippen LogP contribution in [0.4, 0.5) is 0 Å². The van der Waals surface area contributed by atoms with E-state index in [1.807, 2.05) is 0 Å². The van der Waals surface area contributed by atoms with Crippen LogP contribution >= 0.6 is 0 Å². The van der Waals surface area contributed by atoms with E-state index in [0.29, 0.717) is 5.54 Å². The number of rotatable bonds is 6. The van der Waals surface area contributed by atoms with E-state index in [1.54, 1.807) is 0 Å². The molecule has 0 aromatic rings. The highest BCUT2D eigenvalue weighted by Crippen LogP contribution is 2.24. The van der Waals surface area contributed by atoms with Crippen LogP contribution in [0.2, 0.25) is 0 Å². The summed E-state index contributed by atoms with van der Waals surface area (Å²) in [5, 5.41) is 3.81. The smallest absolute Gasteiger partial charge is 0.0304 e. The van der Waals surface area contributed by atoms with Gasteiger partial charge in [-0.25, -0.2) is 0 Å². The van der Waals surface area contributed by atoms with Crippen LogP contribution < -0.4 is 5.32 Å². The monoisotopic (exact) mass is 240 g/mol. The second-order valence-corrected chi connectivity index (χ2v) is 6.08. The molecule has 0 radical (unpaired) electrons. The van der Waals surface area contributed by atoms with E-state index in [9.17, 15) is 0 Å². The van der Waals surface area contributed by atoms with E-state index in [4.69, 9.17) is 0 Å². The van der Waals surface area contributed by atoms with Crippen LogP contribution in [0.5, 0.6) is 0 Å². The molecule has 0 aromatic carbocycles. The molecular weight excluding hydrogens is 208 g/mol. The number of piperazine rings is 1. The summed E-state index contributed by atoms with van der Waals surface area (Å²) in [5.74, 6) is 0.819. The number of nitrogens with one attached hydrogen (secondary N) is 1. The Kier molecular flexibility index (Phi) is 5.94. The summed E-state index contributed by atoms with van der Waals surface area (Å²) in [6, 6.07) is 0.750. The van der Waals surface area contributed by atoms with Crippen molar-refractivity contribution in [1.29, 1.82) is 0 Å². The average molecular weight is 240 g/mol. The van der Waals surface area contributed by atoms with E-state index in [2.05, 4.69) is 44.8 Å². The highest BCUT2D eigenvalue weighted by atomic mass is 15.2. The second-order valence-electron chi connectivity index (χ2n) is 6.08. The van der Waals surface area contributed by atoms with Crippen molar-refractivity contribution in [1.82, 2.24) is 10.2 Å². The molecule has 17 heavy (non-hydrogen) atoms. The van der Waals surface area contributed by atoms with Gasteiger partial charge in [-0.15, -0.1) is 0 Å². The quantitative estimate of drug-likeness (QED) is 0.766. The van der Waals surface area contributed by atoms with Crippen molar-refractivity contribution in [3.05, 3.63) is 0 Å². The van der Waals surface area contributed by atoms with E-state index >= 15 is 0 Å². The lowest BCUT2D eigenvalue weighted by molar-refractivity contribution is 0.0668. The van der Waals surface area contributed by atoms with Crippen molar-refractivity contribution in [3.8, 4) is 0 Å². The molecule has 1 aliphatic rings. The Hall–Kier alpha value is -0.0800. The zero-order chi connectivity index (χ0) is 12.9. The Morgan fingerprint density at radius 3 is 2.35 bits per heavy atom. The first kappa shape index (κ1) is 15.0. The molecule has 2 heteroatoms. The van der Waals surface area contributed by atoms with Gasteiger partial charge in [0.15, 0.2) is 0 Å². The Balaban J connectivity index is 2.60. The molecule has 0 aliphatic carbocycles. The number of hydrogen-bond donors (Lipinski definition) is 1. The maximum atomic E-state index is 3.81.